The summed E-state index contributed by atoms with van der Waals surface area (Å²) in [5.74, 6) is 3.48. The Balaban J connectivity index is 1.23. The van der Waals surface area contributed by atoms with Crippen molar-refractivity contribution in [2.24, 2.45) is 5.84 Å². The van der Waals surface area contributed by atoms with Gasteiger partial charge in [0.1, 0.15) is 73.2 Å². The summed E-state index contributed by atoms with van der Waals surface area (Å²) >= 11 is 0. The molecule has 0 aromatic carbocycles. The second kappa shape index (κ2) is 31.3. The summed E-state index contributed by atoms with van der Waals surface area (Å²) in [7, 11) is 0. The van der Waals surface area contributed by atoms with Gasteiger partial charge in [-0.15, -0.1) is 0 Å². The fourth-order valence-corrected chi connectivity index (χ4v) is 6.68. The number of hydrogen-bond donors (Lipinski definition) is 15. The number of nitrogens with two attached hydrogens (primary N) is 1. The molecule has 16 N–H and O–H groups in total. The Morgan fingerprint density at radius 1 is 0.439 bits per heavy atom. The van der Waals surface area contributed by atoms with Crippen LogP contribution in [-0.4, -0.2) is 253 Å². The van der Waals surface area contributed by atoms with E-state index in [0.717, 1.165) is 0 Å². The van der Waals surface area contributed by atoms with E-state index in [1.807, 2.05) is 5.43 Å². The van der Waals surface area contributed by atoms with Crippen molar-refractivity contribution in [2.75, 3.05) is 85.7 Å². The molecule has 28 nitrogen and oxygen atoms in total. The molecule has 3 heterocycles. The second-order valence-electron chi connectivity index (χ2n) is 15.3. The van der Waals surface area contributed by atoms with Crippen LogP contribution in [-0.2, 0) is 61.8 Å². The average Bonchev–Trinajstić information content (AvgIpc) is 3.31. The lowest BCUT2D eigenvalue weighted by Crippen LogP contribution is -2.66. The zero-order valence-electron chi connectivity index (χ0n) is 36.5. The zero-order chi connectivity index (χ0) is 48.6. The molecule has 3 fully saturated rings. The van der Waals surface area contributed by atoms with E-state index in [2.05, 4.69) is 16.0 Å². The number of hydrazine groups is 1. The first-order valence-electron chi connectivity index (χ1n) is 21.7. The number of aliphatic hydroxyl groups excluding tert-OH is 10. The lowest BCUT2D eigenvalue weighted by Gasteiger charge is -2.48. The normalized spacial score (nSPS) is 32.4. The third kappa shape index (κ3) is 18.9. The first-order valence-corrected chi connectivity index (χ1v) is 21.7. The monoisotopic (exact) mass is 963 g/mol. The molecule has 384 valence electrons. The van der Waals surface area contributed by atoms with Gasteiger partial charge in [0.25, 0.3) is 0 Å². The van der Waals surface area contributed by atoms with Crippen molar-refractivity contribution in [3.63, 3.8) is 0 Å². The van der Waals surface area contributed by atoms with Crippen LogP contribution in [0.3, 0.4) is 0 Å². The number of hydrogen-bond acceptors (Lipinski definition) is 24. The Kier molecular flexibility index (Phi) is 27.2. The molecule has 15 atom stereocenters. The van der Waals surface area contributed by atoms with Gasteiger partial charge in [-0.3, -0.25) is 24.6 Å². The third-order valence-electron chi connectivity index (χ3n) is 10.4. The second-order valence-corrected chi connectivity index (χ2v) is 15.3. The molecule has 0 saturated carbocycles. The van der Waals surface area contributed by atoms with E-state index in [1.54, 1.807) is 0 Å². The van der Waals surface area contributed by atoms with Gasteiger partial charge in [0.05, 0.1) is 52.9 Å². The number of nitrogens with one attached hydrogen (secondary N) is 4. The van der Waals surface area contributed by atoms with Crippen molar-refractivity contribution in [2.45, 2.75) is 131 Å². The van der Waals surface area contributed by atoms with Crippen LogP contribution in [0.1, 0.15) is 38.5 Å². The van der Waals surface area contributed by atoms with Crippen LogP contribution < -0.4 is 27.2 Å². The molecule has 0 aromatic heterocycles. The predicted molar refractivity (Wildman–Crippen MR) is 217 cm³/mol. The SMILES string of the molecule is NNC(=O)CCC(=O)NCCCOCCOCCOCCCNC(=O)CCC(=O)NCCO[C@H]1O[C@H](CO)[C@@H](O[C@H]2O[C@H](CO)[C@@H](O[C@H]3O[C@H](CO)[C@@H](O)[C@H](O)[C@@H]3O)[C@H](O)[C@@H]2O)[C@H](O)[C@@H]1O. The largest absolute Gasteiger partial charge is 0.394 e. The van der Waals surface area contributed by atoms with Gasteiger partial charge in [-0.1, -0.05) is 0 Å². The number of carbonyl (C=O) groups excluding carboxylic acids is 4. The summed E-state index contributed by atoms with van der Waals surface area (Å²) in [6, 6.07) is 0. The lowest BCUT2D eigenvalue weighted by molar-refractivity contribution is -0.379. The highest BCUT2D eigenvalue weighted by atomic mass is 16.8. The molecule has 0 aromatic rings. The number of amides is 4. The number of aliphatic hydroxyl groups is 10. The van der Waals surface area contributed by atoms with E-state index in [1.165, 1.54) is 0 Å². The molecule has 3 rings (SSSR count). The minimum atomic E-state index is -1.98. The van der Waals surface area contributed by atoms with E-state index in [9.17, 15) is 70.2 Å². The summed E-state index contributed by atoms with van der Waals surface area (Å²) in [5.41, 5.74) is 1.96. The van der Waals surface area contributed by atoms with Crippen molar-refractivity contribution in [1.29, 1.82) is 0 Å². The predicted octanol–water partition coefficient (Wildman–Crippen LogP) is -8.82. The molecule has 3 aliphatic heterocycles. The summed E-state index contributed by atoms with van der Waals surface area (Å²) in [6.07, 6.45) is -24.6. The van der Waals surface area contributed by atoms with Crippen molar-refractivity contribution in [1.82, 2.24) is 21.4 Å². The molecule has 4 amide bonds. The van der Waals surface area contributed by atoms with Gasteiger partial charge < -0.3 is 110 Å². The number of rotatable bonds is 31. The fraction of sp³-hybridized carbons (Fsp3) is 0.895. The summed E-state index contributed by atoms with van der Waals surface area (Å²) in [4.78, 5) is 47.1. The lowest BCUT2D eigenvalue weighted by atomic mass is 9.96. The molecule has 3 saturated heterocycles. The van der Waals surface area contributed by atoms with Gasteiger partial charge >= 0.3 is 0 Å². The van der Waals surface area contributed by atoms with E-state index < -0.39 is 124 Å². The first kappa shape index (κ1) is 57.4. The Labute approximate surface area is 379 Å². The Hall–Kier alpha value is -2.92. The van der Waals surface area contributed by atoms with Crippen molar-refractivity contribution in [3.8, 4) is 0 Å². The van der Waals surface area contributed by atoms with Crippen molar-refractivity contribution < 1.29 is 113 Å². The Morgan fingerprint density at radius 2 is 0.818 bits per heavy atom. The molecule has 0 unspecified atom stereocenters. The summed E-state index contributed by atoms with van der Waals surface area (Å²) in [6.45, 7) is 0.196. The summed E-state index contributed by atoms with van der Waals surface area (Å²) in [5, 5.41) is 111. The Morgan fingerprint density at radius 3 is 1.27 bits per heavy atom. The fourth-order valence-electron chi connectivity index (χ4n) is 6.68. The molecular weight excluding hydrogens is 894 g/mol. The van der Waals surface area contributed by atoms with Gasteiger partial charge in [0, 0.05) is 58.5 Å². The van der Waals surface area contributed by atoms with Gasteiger partial charge in [-0.2, -0.15) is 0 Å². The number of carbonyl (C=O) groups is 4. The topological polar surface area (TPSA) is 428 Å². The van der Waals surface area contributed by atoms with Crippen LogP contribution in [0.4, 0.5) is 0 Å². The minimum Gasteiger partial charge on any atom is -0.394 e. The highest BCUT2D eigenvalue weighted by molar-refractivity contribution is 5.84. The van der Waals surface area contributed by atoms with Crippen LogP contribution in [0.15, 0.2) is 0 Å². The van der Waals surface area contributed by atoms with E-state index in [4.69, 9.17) is 48.5 Å². The molecule has 0 aliphatic carbocycles. The maximum Gasteiger partial charge on any atom is 0.234 e. The molecule has 66 heavy (non-hydrogen) atoms. The van der Waals surface area contributed by atoms with E-state index in [0.29, 0.717) is 65.6 Å². The van der Waals surface area contributed by atoms with Gasteiger partial charge in [-0.25, -0.2) is 5.84 Å². The van der Waals surface area contributed by atoms with Crippen LogP contribution in [0.2, 0.25) is 0 Å². The highest BCUT2D eigenvalue weighted by Crippen LogP contribution is 2.32. The van der Waals surface area contributed by atoms with E-state index in [-0.39, 0.29) is 50.6 Å². The third-order valence-corrected chi connectivity index (χ3v) is 10.4. The van der Waals surface area contributed by atoms with Crippen LogP contribution >= 0.6 is 0 Å². The van der Waals surface area contributed by atoms with Crippen LogP contribution in [0.25, 0.3) is 0 Å². The molecule has 0 radical (unpaired) electrons. The molecule has 28 heteroatoms. The van der Waals surface area contributed by atoms with Crippen LogP contribution in [0, 0.1) is 0 Å². The quantitative estimate of drug-likeness (QED) is 0.0133. The summed E-state index contributed by atoms with van der Waals surface area (Å²) < 4.78 is 49.4. The van der Waals surface area contributed by atoms with Crippen molar-refractivity contribution in [3.05, 3.63) is 0 Å². The number of ether oxygens (including phenoxy) is 9. The smallest absolute Gasteiger partial charge is 0.234 e. The standard InChI is InChI=1S/C38H69N5O23/c39-43-26(50)6-5-24(48)41-8-2-11-59-14-16-60-15-13-58-10-1-7-40-23(47)3-4-25(49)42-9-12-61-36-32(56)29(53)34(21(18-45)63-36)66-38-33(57)30(54)35(22(19-46)64-38)65-37-31(55)28(52)27(51)20(17-44)62-37/h20-22,27-38,44-46,51-57H,1-19,39H2,(H,40,47)(H,41,48)(H,42,49)(H,43,50)/t20-,21-,22-,27-,28+,29-,30-,31+,32+,33+,34-,35-,36+,37-,38-/m1/s1. The molecule has 3 aliphatic rings. The van der Waals surface area contributed by atoms with Crippen LogP contribution in [0.5, 0.6) is 0 Å². The van der Waals surface area contributed by atoms with Gasteiger partial charge in [0.15, 0.2) is 18.9 Å². The molecule has 0 bridgehead atoms. The van der Waals surface area contributed by atoms with Gasteiger partial charge in [0.2, 0.25) is 23.6 Å². The Bertz CT molecular complexity index is 1410. The molecule has 0 spiro atoms. The first-order chi connectivity index (χ1) is 31.7. The maximum atomic E-state index is 12.3. The zero-order valence-corrected chi connectivity index (χ0v) is 36.5. The minimum absolute atomic E-state index is 0.0200. The maximum absolute atomic E-state index is 12.3. The van der Waals surface area contributed by atoms with Crippen molar-refractivity contribution >= 4 is 23.6 Å². The average molecular weight is 964 g/mol. The van der Waals surface area contributed by atoms with Gasteiger partial charge in [-0.05, 0) is 12.8 Å². The van der Waals surface area contributed by atoms with E-state index >= 15 is 0 Å². The highest BCUT2D eigenvalue weighted by Gasteiger charge is 2.53. The molecular formula is C38H69N5O23.